The summed E-state index contributed by atoms with van der Waals surface area (Å²) in [7, 11) is -4.78. The lowest BCUT2D eigenvalue weighted by atomic mass is 9.90. The van der Waals surface area contributed by atoms with Crippen LogP contribution >= 0.6 is 7.82 Å². The number of carbonyl (C=O) groups excluding carboxylic acids is 1. The Bertz CT molecular complexity index is 863. The molecule has 0 aliphatic heterocycles. The van der Waals surface area contributed by atoms with Gasteiger partial charge in [-0.1, -0.05) is 62.6 Å². The first-order chi connectivity index (χ1) is 13.6. The van der Waals surface area contributed by atoms with E-state index in [2.05, 4.69) is 12.2 Å². The molecule has 0 fully saturated rings. The van der Waals surface area contributed by atoms with Crippen molar-refractivity contribution in [3.05, 3.63) is 48.0 Å². The molecule has 0 radical (unpaired) electrons. The van der Waals surface area contributed by atoms with Gasteiger partial charge in [-0.25, -0.2) is 9.36 Å². The zero-order chi connectivity index (χ0) is 21.5. The fourth-order valence-corrected chi connectivity index (χ4v) is 3.98. The molecule has 1 atom stereocenters. The minimum atomic E-state index is -4.78. The van der Waals surface area contributed by atoms with Crippen LogP contribution in [0.5, 0.6) is 0 Å². The van der Waals surface area contributed by atoms with Crippen LogP contribution in [0.2, 0.25) is 0 Å². The Morgan fingerprint density at radius 1 is 1.10 bits per heavy atom. The SMILES string of the molecule is CCCCCCOC(=O)NC(c1ccc2ccccc2c1)C(C)(C)OP(=O)(O)O. The summed E-state index contributed by atoms with van der Waals surface area (Å²) in [6, 6.07) is 12.4. The van der Waals surface area contributed by atoms with E-state index in [-0.39, 0.29) is 6.61 Å². The number of phosphoric acid groups is 1. The lowest BCUT2D eigenvalue weighted by molar-refractivity contribution is 0.0282. The highest BCUT2D eigenvalue weighted by Crippen LogP contribution is 2.45. The molecule has 0 saturated carbocycles. The molecule has 0 aromatic heterocycles. The number of alkyl carbamates (subject to hydrolysis) is 1. The number of nitrogens with one attached hydrogen (secondary N) is 1. The molecule has 0 spiro atoms. The molecule has 160 valence electrons. The zero-order valence-corrected chi connectivity index (χ0v) is 18.0. The van der Waals surface area contributed by atoms with Crippen LogP contribution in [0.15, 0.2) is 42.5 Å². The van der Waals surface area contributed by atoms with Gasteiger partial charge in [0.2, 0.25) is 0 Å². The maximum atomic E-state index is 12.4. The Morgan fingerprint density at radius 2 is 1.79 bits per heavy atom. The summed E-state index contributed by atoms with van der Waals surface area (Å²) in [6.45, 7) is 5.43. The van der Waals surface area contributed by atoms with Gasteiger partial charge in [0.1, 0.15) is 0 Å². The zero-order valence-electron chi connectivity index (χ0n) is 17.1. The van der Waals surface area contributed by atoms with E-state index >= 15 is 0 Å². The third-order valence-electron chi connectivity index (χ3n) is 4.65. The Hall–Kier alpha value is -1.92. The number of fused-ring (bicyclic) bond motifs is 1. The van der Waals surface area contributed by atoms with E-state index in [1.807, 2.05) is 36.4 Å². The molecule has 8 heteroatoms. The Balaban J connectivity index is 2.23. The van der Waals surface area contributed by atoms with Crippen molar-refractivity contribution in [1.82, 2.24) is 5.32 Å². The van der Waals surface area contributed by atoms with Gasteiger partial charge in [-0.15, -0.1) is 0 Å². The molecule has 0 heterocycles. The van der Waals surface area contributed by atoms with E-state index in [9.17, 15) is 19.1 Å². The molecule has 0 bridgehead atoms. The summed E-state index contributed by atoms with van der Waals surface area (Å²) >= 11 is 0. The first-order valence-electron chi connectivity index (χ1n) is 9.80. The molecule has 2 aromatic rings. The predicted molar refractivity (Wildman–Crippen MR) is 113 cm³/mol. The summed E-state index contributed by atoms with van der Waals surface area (Å²) in [4.78, 5) is 31.0. The van der Waals surface area contributed by atoms with Crippen molar-refractivity contribution in [2.24, 2.45) is 0 Å². The quantitative estimate of drug-likeness (QED) is 0.364. The highest BCUT2D eigenvalue weighted by Gasteiger charge is 2.39. The maximum Gasteiger partial charge on any atom is 0.470 e. The van der Waals surface area contributed by atoms with Crippen LogP contribution in [-0.2, 0) is 13.8 Å². The van der Waals surface area contributed by atoms with Crippen LogP contribution in [0.1, 0.15) is 58.1 Å². The van der Waals surface area contributed by atoms with Crippen LogP contribution in [0, 0.1) is 0 Å². The van der Waals surface area contributed by atoms with E-state index in [1.54, 1.807) is 6.07 Å². The molecule has 1 unspecified atom stereocenters. The van der Waals surface area contributed by atoms with E-state index in [1.165, 1.54) is 13.8 Å². The average molecular weight is 423 g/mol. The van der Waals surface area contributed by atoms with Crippen LogP contribution < -0.4 is 5.32 Å². The van der Waals surface area contributed by atoms with Crippen molar-refractivity contribution in [3.8, 4) is 0 Å². The normalized spacial score (nSPS) is 13.3. The number of ether oxygens (including phenoxy) is 1. The molecule has 7 nitrogen and oxygen atoms in total. The minimum absolute atomic E-state index is 0.288. The largest absolute Gasteiger partial charge is 0.470 e. The van der Waals surface area contributed by atoms with Gasteiger partial charge in [0.15, 0.2) is 0 Å². The first-order valence-corrected chi connectivity index (χ1v) is 11.3. The van der Waals surface area contributed by atoms with Crippen molar-refractivity contribution >= 4 is 24.7 Å². The molecular weight excluding hydrogens is 393 g/mol. The van der Waals surface area contributed by atoms with Crippen molar-refractivity contribution in [2.45, 2.75) is 58.1 Å². The highest BCUT2D eigenvalue weighted by molar-refractivity contribution is 7.46. The standard InChI is InChI=1S/C21H30NO6P/c1-4-5-6-9-14-27-20(23)22-19(21(2,3)28-29(24,25)26)18-13-12-16-10-7-8-11-17(16)15-18/h7-8,10-13,15,19H,4-6,9,14H2,1-3H3,(H,22,23)(H2,24,25,26). The second kappa shape index (κ2) is 10.2. The Labute approximate surface area is 171 Å². The van der Waals surface area contributed by atoms with Gasteiger partial charge in [-0.2, -0.15) is 0 Å². The summed E-state index contributed by atoms with van der Waals surface area (Å²) in [6.07, 6.45) is 3.26. The number of carbonyl (C=O) groups is 1. The second-order valence-corrected chi connectivity index (χ2v) is 8.73. The monoisotopic (exact) mass is 423 g/mol. The van der Waals surface area contributed by atoms with Gasteiger partial charge in [0, 0.05) is 0 Å². The predicted octanol–water partition coefficient (Wildman–Crippen LogP) is 5.08. The summed E-state index contributed by atoms with van der Waals surface area (Å²) < 4.78 is 21.7. The maximum absolute atomic E-state index is 12.4. The molecule has 2 aromatic carbocycles. The molecule has 2 rings (SSSR count). The van der Waals surface area contributed by atoms with Crippen LogP contribution in [0.3, 0.4) is 0 Å². The lowest BCUT2D eigenvalue weighted by Crippen LogP contribution is -2.43. The number of unbranched alkanes of at least 4 members (excludes halogenated alkanes) is 3. The number of benzene rings is 2. The lowest BCUT2D eigenvalue weighted by Gasteiger charge is -2.34. The fraction of sp³-hybridized carbons (Fsp3) is 0.476. The van der Waals surface area contributed by atoms with Gasteiger partial charge in [0.05, 0.1) is 18.2 Å². The van der Waals surface area contributed by atoms with Crippen molar-refractivity contribution in [2.75, 3.05) is 6.61 Å². The number of rotatable bonds is 10. The first kappa shape index (κ1) is 23.4. The summed E-state index contributed by atoms with van der Waals surface area (Å²) in [5, 5.41) is 4.68. The summed E-state index contributed by atoms with van der Waals surface area (Å²) in [5.41, 5.74) is -0.729. The van der Waals surface area contributed by atoms with E-state index in [0.29, 0.717) is 5.56 Å². The Morgan fingerprint density at radius 3 is 2.45 bits per heavy atom. The molecule has 0 saturated heterocycles. The summed E-state index contributed by atoms with van der Waals surface area (Å²) in [5.74, 6) is 0. The van der Waals surface area contributed by atoms with Crippen LogP contribution in [-0.4, -0.2) is 28.1 Å². The number of amides is 1. The van der Waals surface area contributed by atoms with Gasteiger partial charge in [0.25, 0.3) is 0 Å². The van der Waals surface area contributed by atoms with Gasteiger partial charge >= 0.3 is 13.9 Å². The third kappa shape index (κ3) is 7.44. The topological polar surface area (TPSA) is 105 Å². The highest BCUT2D eigenvalue weighted by atomic mass is 31.2. The van der Waals surface area contributed by atoms with Crippen molar-refractivity contribution in [1.29, 1.82) is 0 Å². The van der Waals surface area contributed by atoms with Crippen molar-refractivity contribution < 1.29 is 28.4 Å². The van der Waals surface area contributed by atoms with E-state index in [4.69, 9.17) is 9.26 Å². The average Bonchev–Trinajstić information content (AvgIpc) is 2.63. The van der Waals surface area contributed by atoms with Crippen LogP contribution in [0.4, 0.5) is 4.79 Å². The molecule has 0 aliphatic rings. The van der Waals surface area contributed by atoms with Gasteiger partial charge in [-0.3, -0.25) is 4.52 Å². The van der Waals surface area contributed by atoms with E-state index in [0.717, 1.165) is 36.5 Å². The van der Waals surface area contributed by atoms with Crippen LogP contribution in [0.25, 0.3) is 10.8 Å². The second-order valence-electron chi connectivity index (χ2n) is 7.57. The molecule has 29 heavy (non-hydrogen) atoms. The van der Waals surface area contributed by atoms with E-state index < -0.39 is 25.6 Å². The molecule has 1 amide bonds. The molecular formula is C21H30NO6P. The third-order valence-corrected chi connectivity index (χ3v) is 5.36. The minimum Gasteiger partial charge on any atom is -0.450 e. The van der Waals surface area contributed by atoms with Crippen molar-refractivity contribution in [3.63, 3.8) is 0 Å². The number of hydrogen-bond acceptors (Lipinski definition) is 4. The fourth-order valence-electron chi connectivity index (χ4n) is 3.26. The Kier molecular flexibility index (Phi) is 8.23. The smallest absolute Gasteiger partial charge is 0.450 e. The number of hydrogen-bond donors (Lipinski definition) is 3. The number of phosphoric ester groups is 1. The van der Waals surface area contributed by atoms with Gasteiger partial charge < -0.3 is 19.8 Å². The molecule has 0 aliphatic carbocycles. The molecule has 3 N–H and O–H groups in total. The van der Waals surface area contributed by atoms with Gasteiger partial charge in [-0.05, 0) is 42.7 Å².